The van der Waals surface area contributed by atoms with Gasteiger partial charge in [0.1, 0.15) is 11.8 Å². The molecule has 2 rings (SSSR count). The van der Waals surface area contributed by atoms with E-state index in [0.29, 0.717) is 12.2 Å². The van der Waals surface area contributed by atoms with Crippen LogP contribution < -0.4 is 5.73 Å². The minimum absolute atomic E-state index is 0.386. The van der Waals surface area contributed by atoms with Crippen LogP contribution in [0.5, 0.6) is 0 Å². The number of halogens is 1. The van der Waals surface area contributed by atoms with Gasteiger partial charge in [0, 0.05) is 34.5 Å². The summed E-state index contributed by atoms with van der Waals surface area (Å²) in [5, 5.41) is 10.1. The molecular formula is C11H10BrN3. The zero-order valence-corrected chi connectivity index (χ0v) is 9.87. The van der Waals surface area contributed by atoms with Crippen LogP contribution in [-0.4, -0.2) is 4.57 Å². The number of hydrogen-bond acceptors (Lipinski definition) is 2. The van der Waals surface area contributed by atoms with Gasteiger partial charge in [-0.3, -0.25) is 0 Å². The summed E-state index contributed by atoms with van der Waals surface area (Å²) in [7, 11) is 1.88. The lowest BCUT2D eigenvalue weighted by atomic mass is 10.1. The van der Waals surface area contributed by atoms with Gasteiger partial charge < -0.3 is 10.3 Å². The van der Waals surface area contributed by atoms with Crippen LogP contribution in [0.1, 0.15) is 11.3 Å². The Balaban J connectivity index is 2.93. The van der Waals surface area contributed by atoms with Gasteiger partial charge in [-0.25, -0.2) is 0 Å². The molecule has 0 aliphatic rings. The Morgan fingerprint density at radius 2 is 2.27 bits per heavy atom. The van der Waals surface area contributed by atoms with Gasteiger partial charge in [0.05, 0.1) is 0 Å². The Hall–Kier alpha value is -1.31. The van der Waals surface area contributed by atoms with Crippen LogP contribution in [0.15, 0.2) is 22.7 Å². The number of benzene rings is 1. The standard InChI is InChI=1S/C11H10BrN3/c1-15-10-3-2-7(12)4-8(10)9(5-13)11(15)6-14/h2-4H,5,13H2,1H3. The summed E-state index contributed by atoms with van der Waals surface area (Å²) in [4.78, 5) is 0. The summed E-state index contributed by atoms with van der Waals surface area (Å²) in [6, 6.07) is 8.14. The van der Waals surface area contributed by atoms with E-state index in [0.717, 1.165) is 20.9 Å². The van der Waals surface area contributed by atoms with Gasteiger partial charge in [0.2, 0.25) is 0 Å². The van der Waals surface area contributed by atoms with Crippen LogP contribution in [0.25, 0.3) is 10.9 Å². The van der Waals surface area contributed by atoms with Gasteiger partial charge in [-0.2, -0.15) is 5.26 Å². The van der Waals surface area contributed by atoms with Gasteiger partial charge in [-0.05, 0) is 18.2 Å². The number of nitriles is 1. The second-order valence-electron chi connectivity index (χ2n) is 3.36. The van der Waals surface area contributed by atoms with Gasteiger partial charge in [0.15, 0.2) is 0 Å². The fourth-order valence-corrected chi connectivity index (χ4v) is 2.20. The Bertz CT molecular complexity index is 563. The van der Waals surface area contributed by atoms with Crippen molar-refractivity contribution < 1.29 is 0 Å². The van der Waals surface area contributed by atoms with E-state index in [1.54, 1.807) is 0 Å². The van der Waals surface area contributed by atoms with Crippen molar-refractivity contribution in [1.29, 1.82) is 5.26 Å². The van der Waals surface area contributed by atoms with Gasteiger partial charge in [0.25, 0.3) is 0 Å². The molecule has 0 aliphatic heterocycles. The molecule has 0 saturated carbocycles. The number of hydrogen-bond donors (Lipinski definition) is 1. The quantitative estimate of drug-likeness (QED) is 0.858. The van der Waals surface area contributed by atoms with Crippen LogP contribution >= 0.6 is 15.9 Å². The lowest BCUT2D eigenvalue weighted by molar-refractivity contribution is 0.925. The first-order chi connectivity index (χ1) is 7.19. The van der Waals surface area contributed by atoms with Crippen molar-refractivity contribution in [2.45, 2.75) is 6.54 Å². The van der Waals surface area contributed by atoms with Crippen molar-refractivity contribution in [2.75, 3.05) is 0 Å². The average Bonchev–Trinajstić information content (AvgIpc) is 2.50. The summed E-state index contributed by atoms with van der Waals surface area (Å²) >= 11 is 3.42. The molecule has 0 bridgehead atoms. The first-order valence-corrected chi connectivity index (χ1v) is 5.35. The molecular weight excluding hydrogens is 254 g/mol. The van der Waals surface area contributed by atoms with Crippen LogP contribution in [0, 0.1) is 11.3 Å². The van der Waals surface area contributed by atoms with Crippen molar-refractivity contribution in [2.24, 2.45) is 12.8 Å². The predicted molar refractivity (Wildman–Crippen MR) is 63.2 cm³/mol. The topological polar surface area (TPSA) is 54.7 Å². The number of nitrogens with two attached hydrogens (primary N) is 1. The highest BCUT2D eigenvalue weighted by Gasteiger charge is 2.13. The van der Waals surface area contributed by atoms with E-state index in [1.807, 2.05) is 29.8 Å². The van der Waals surface area contributed by atoms with E-state index in [4.69, 9.17) is 11.0 Å². The van der Waals surface area contributed by atoms with Gasteiger partial charge in [-0.1, -0.05) is 15.9 Å². The molecule has 1 aromatic carbocycles. The third-order valence-electron chi connectivity index (χ3n) is 2.58. The summed E-state index contributed by atoms with van der Waals surface area (Å²) in [5.74, 6) is 0. The van der Waals surface area contributed by atoms with Crippen molar-refractivity contribution in [3.63, 3.8) is 0 Å². The third-order valence-corrected chi connectivity index (χ3v) is 3.07. The van der Waals surface area contributed by atoms with Crippen molar-refractivity contribution in [1.82, 2.24) is 4.57 Å². The number of fused-ring (bicyclic) bond motifs is 1. The minimum Gasteiger partial charge on any atom is -0.335 e. The molecule has 0 radical (unpaired) electrons. The molecule has 0 atom stereocenters. The Labute approximate surface area is 96.2 Å². The smallest absolute Gasteiger partial charge is 0.125 e. The minimum atomic E-state index is 0.386. The highest BCUT2D eigenvalue weighted by molar-refractivity contribution is 9.10. The maximum absolute atomic E-state index is 9.06. The van der Waals surface area contributed by atoms with E-state index in [1.165, 1.54) is 0 Å². The molecule has 0 amide bonds. The summed E-state index contributed by atoms with van der Waals surface area (Å²) in [6.07, 6.45) is 0. The fraction of sp³-hybridized carbons (Fsp3) is 0.182. The molecule has 2 N–H and O–H groups in total. The van der Waals surface area contributed by atoms with E-state index in [9.17, 15) is 0 Å². The Morgan fingerprint density at radius 1 is 1.53 bits per heavy atom. The molecule has 0 aliphatic carbocycles. The summed E-state index contributed by atoms with van der Waals surface area (Å²) in [5.41, 5.74) is 8.27. The normalized spacial score (nSPS) is 10.5. The van der Waals surface area contributed by atoms with E-state index < -0.39 is 0 Å². The first kappa shape index (κ1) is 10.2. The van der Waals surface area contributed by atoms with Gasteiger partial charge >= 0.3 is 0 Å². The molecule has 1 heterocycles. The second-order valence-corrected chi connectivity index (χ2v) is 4.28. The number of aromatic nitrogens is 1. The van der Waals surface area contributed by atoms with Crippen LogP contribution in [0.2, 0.25) is 0 Å². The van der Waals surface area contributed by atoms with Gasteiger partial charge in [-0.15, -0.1) is 0 Å². The monoisotopic (exact) mass is 263 g/mol. The van der Waals surface area contributed by atoms with Crippen LogP contribution in [-0.2, 0) is 13.6 Å². The molecule has 4 heteroatoms. The highest BCUT2D eigenvalue weighted by atomic mass is 79.9. The maximum atomic E-state index is 9.06. The zero-order chi connectivity index (χ0) is 11.0. The molecule has 0 fully saturated rings. The maximum Gasteiger partial charge on any atom is 0.125 e. The summed E-state index contributed by atoms with van der Waals surface area (Å²) in [6.45, 7) is 0.386. The number of nitrogens with zero attached hydrogens (tertiary/aromatic N) is 2. The van der Waals surface area contributed by atoms with Crippen molar-refractivity contribution in [3.05, 3.63) is 33.9 Å². The number of aryl methyl sites for hydroxylation is 1. The third kappa shape index (κ3) is 1.44. The number of rotatable bonds is 1. The highest BCUT2D eigenvalue weighted by Crippen LogP contribution is 2.27. The van der Waals surface area contributed by atoms with E-state index in [-0.39, 0.29) is 0 Å². The average molecular weight is 264 g/mol. The SMILES string of the molecule is Cn1c(C#N)c(CN)c2cc(Br)ccc21. The van der Waals surface area contributed by atoms with Crippen molar-refractivity contribution >= 4 is 26.8 Å². The molecule has 15 heavy (non-hydrogen) atoms. The molecule has 76 valence electrons. The Morgan fingerprint density at radius 3 is 2.87 bits per heavy atom. The predicted octanol–water partition coefficient (Wildman–Crippen LogP) is 2.27. The first-order valence-electron chi connectivity index (χ1n) is 4.56. The molecule has 3 nitrogen and oxygen atoms in total. The molecule has 2 aromatic rings. The zero-order valence-electron chi connectivity index (χ0n) is 8.29. The van der Waals surface area contributed by atoms with E-state index >= 15 is 0 Å². The van der Waals surface area contributed by atoms with Crippen LogP contribution in [0.4, 0.5) is 0 Å². The summed E-state index contributed by atoms with van der Waals surface area (Å²) < 4.78 is 2.88. The largest absolute Gasteiger partial charge is 0.335 e. The molecule has 1 aromatic heterocycles. The molecule has 0 unspecified atom stereocenters. The fourth-order valence-electron chi connectivity index (χ4n) is 1.84. The molecule has 0 saturated heterocycles. The lowest BCUT2D eigenvalue weighted by Crippen LogP contribution is -1.99. The molecule has 0 spiro atoms. The van der Waals surface area contributed by atoms with Crippen LogP contribution in [0.3, 0.4) is 0 Å². The lowest BCUT2D eigenvalue weighted by Gasteiger charge is -1.96. The second kappa shape index (κ2) is 3.69. The van der Waals surface area contributed by atoms with E-state index in [2.05, 4.69) is 22.0 Å². The van der Waals surface area contributed by atoms with Crippen molar-refractivity contribution in [3.8, 4) is 6.07 Å². The Kier molecular flexibility index (Phi) is 2.51.